The Hall–Kier alpha value is -3.02. The highest BCUT2D eigenvalue weighted by atomic mass is 16.5. The topological polar surface area (TPSA) is 64.9 Å². The summed E-state index contributed by atoms with van der Waals surface area (Å²) < 4.78 is 12.7. The minimum Gasteiger partial charge on any atom is -0.493 e. The number of ether oxygens (including phenoxy) is 2. The van der Waals surface area contributed by atoms with Crippen molar-refractivity contribution >= 4 is 11.4 Å². The Labute approximate surface area is 140 Å². The SMILES string of the molecule is COc1ccccc1OCC(=O)NCCc1ncc2ccccn12. The van der Waals surface area contributed by atoms with Gasteiger partial charge >= 0.3 is 0 Å². The third-order valence-corrected chi connectivity index (χ3v) is 3.61. The maximum absolute atomic E-state index is 11.9. The summed E-state index contributed by atoms with van der Waals surface area (Å²) in [5.74, 6) is 1.89. The molecule has 2 heterocycles. The van der Waals surface area contributed by atoms with E-state index in [0.29, 0.717) is 24.5 Å². The number of nitrogens with zero attached hydrogens (tertiary/aromatic N) is 2. The average molecular weight is 325 g/mol. The number of imidazole rings is 1. The molecule has 0 bridgehead atoms. The van der Waals surface area contributed by atoms with Crippen molar-refractivity contribution in [2.24, 2.45) is 0 Å². The van der Waals surface area contributed by atoms with Gasteiger partial charge in [0.15, 0.2) is 18.1 Å². The van der Waals surface area contributed by atoms with Gasteiger partial charge in [0, 0.05) is 19.2 Å². The lowest BCUT2D eigenvalue weighted by Crippen LogP contribution is -2.30. The molecule has 24 heavy (non-hydrogen) atoms. The number of rotatable bonds is 7. The third kappa shape index (κ3) is 3.65. The Kier molecular flexibility index (Phi) is 4.96. The van der Waals surface area contributed by atoms with E-state index in [-0.39, 0.29) is 12.5 Å². The van der Waals surface area contributed by atoms with E-state index < -0.39 is 0 Å². The summed E-state index contributed by atoms with van der Waals surface area (Å²) in [6.45, 7) is 0.449. The van der Waals surface area contributed by atoms with Gasteiger partial charge in [-0.2, -0.15) is 0 Å². The molecule has 3 aromatic rings. The van der Waals surface area contributed by atoms with E-state index in [1.165, 1.54) is 0 Å². The third-order valence-electron chi connectivity index (χ3n) is 3.61. The fraction of sp³-hybridized carbons (Fsp3) is 0.222. The van der Waals surface area contributed by atoms with Gasteiger partial charge in [-0.1, -0.05) is 18.2 Å². The monoisotopic (exact) mass is 325 g/mol. The zero-order valence-electron chi connectivity index (χ0n) is 13.4. The van der Waals surface area contributed by atoms with Gasteiger partial charge in [0.25, 0.3) is 5.91 Å². The van der Waals surface area contributed by atoms with E-state index in [1.807, 2.05) is 47.1 Å². The van der Waals surface area contributed by atoms with Gasteiger partial charge in [-0.15, -0.1) is 0 Å². The Balaban J connectivity index is 1.47. The maximum Gasteiger partial charge on any atom is 0.257 e. The number of para-hydroxylation sites is 2. The first-order chi connectivity index (χ1) is 11.8. The first kappa shape index (κ1) is 15.9. The van der Waals surface area contributed by atoms with Gasteiger partial charge in [-0.05, 0) is 24.3 Å². The Morgan fingerprint density at radius 3 is 2.79 bits per heavy atom. The number of hydrogen-bond donors (Lipinski definition) is 1. The molecule has 0 aliphatic carbocycles. The first-order valence-electron chi connectivity index (χ1n) is 7.71. The van der Waals surface area contributed by atoms with Crippen LogP contribution in [0.15, 0.2) is 54.9 Å². The van der Waals surface area contributed by atoms with Crippen LogP contribution in [0.5, 0.6) is 11.5 Å². The van der Waals surface area contributed by atoms with E-state index in [9.17, 15) is 4.79 Å². The van der Waals surface area contributed by atoms with Gasteiger partial charge in [0.1, 0.15) is 5.82 Å². The molecule has 0 atom stereocenters. The smallest absolute Gasteiger partial charge is 0.257 e. The number of fused-ring (bicyclic) bond motifs is 1. The van der Waals surface area contributed by atoms with Gasteiger partial charge < -0.3 is 19.2 Å². The summed E-state index contributed by atoms with van der Waals surface area (Å²) in [4.78, 5) is 16.3. The van der Waals surface area contributed by atoms with Crippen LogP contribution in [0.25, 0.3) is 5.52 Å². The molecular formula is C18H19N3O3. The molecule has 6 heteroatoms. The molecule has 0 aliphatic rings. The van der Waals surface area contributed by atoms with E-state index in [2.05, 4.69) is 10.3 Å². The molecule has 3 rings (SSSR count). The average Bonchev–Trinajstić information content (AvgIpc) is 3.03. The van der Waals surface area contributed by atoms with Crippen LogP contribution in [0.2, 0.25) is 0 Å². The molecule has 0 saturated heterocycles. The van der Waals surface area contributed by atoms with Crippen LogP contribution in [0, 0.1) is 0 Å². The van der Waals surface area contributed by atoms with Crippen LogP contribution in [0.1, 0.15) is 5.82 Å². The van der Waals surface area contributed by atoms with E-state index in [1.54, 1.807) is 19.2 Å². The first-order valence-corrected chi connectivity index (χ1v) is 7.71. The van der Waals surface area contributed by atoms with Crippen molar-refractivity contribution < 1.29 is 14.3 Å². The lowest BCUT2D eigenvalue weighted by Gasteiger charge is -2.10. The number of pyridine rings is 1. The van der Waals surface area contributed by atoms with Gasteiger partial charge in [-0.25, -0.2) is 4.98 Å². The van der Waals surface area contributed by atoms with Crippen molar-refractivity contribution in [1.82, 2.24) is 14.7 Å². The number of nitrogens with one attached hydrogen (secondary N) is 1. The lowest BCUT2D eigenvalue weighted by molar-refractivity contribution is -0.123. The number of methoxy groups -OCH3 is 1. The van der Waals surface area contributed by atoms with Crippen LogP contribution < -0.4 is 14.8 Å². The van der Waals surface area contributed by atoms with Crippen molar-refractivity contribution in [2.75, 3.05) is 20.3 Å². The van der Waals surface area contributed by atoms with Crippen LogP contribution in [0.3, 0.4) is 0 Å². The molecule has 6 nitrogen and oxygen atoms in total. The Bertz CT molecular complexity index is 829. The summed E-state index contributed by atoms with van der Waals surface area (Å²) >= 11 is 0. The molecule has 0 spiro atoms. The fourth-order valence-corrected chi connectivity index (χ4v) is 2.43. The molecule has 0 fully saturated rings. The predicted octanol–water partition coefficient (Wildman–Crippen LogP) is 2.08. The van der Waals surface area contributed by atoms with E-state index in [0.717, 1.165) is 11.3 Å². The van der Waals surface area contributed by atoms with E-state index >= 15 is 0 Å². The lowest BCUT2D eigenvalue weighted by atomic mass is 10.3. The van der Waals surface area contributed by atoms with Crippen molar-refractivity contribution in [2.45, 2.75) is 6.42 Å². The maximum atomic E-state index is 11.9. The fourth-order valence-electron chi connectivity index (χ4n) is 2.43. The molecule has 124 valence electrons. The summed E-state index contributed by atoms with van der Waals surface area (Å²) in [6, 6.07) is 13.2. The molecular weight excluding hydrogens is 306 g/mol. The number of hydrogen-bond acceptors (Lipinski definition) is 4. The highest BCUT2D eigenvalue weighted by Crippen LogP contribution is 2.25. The van der Waals surface area contributed by atoms with Crippen molar-refractivity contribution in [1.29, 1.82) is 0 Å². The molecule has 0 unspecified atom stereocenters. The summed E-state index contributed by atoms with van der Waals surface area (Å²) in [6.07, 6.45) is 4.44. The number of amides is 1. The zero-order valence-corrected chi connectivity index (χ0v) is 13.4. The minimum atomic E-state index is -0.179. The van der Waals surface area contributed by atoms with E-state index in [4.69, 9.17) is 9.47 Å². The largest absolute Gasteiger partial charge is 0.493 e. The van der Waals surface area contributed by atoms with Crippen LogP contribution in [0.4, 0.5) is 0 Å². The standard InChI is InChI=1S/C18H19N3O3/c1-23-15-7-2-3-8-16(15)24-13-18(22)19-10-9-17-20-12-14-6-4-5-11-21(14)17/h2-8,11-12H,9-10,13H2,1H3,(H,19,22). The number of carbonyl (C=O) groups is 1. The van der Waals surface area contributed by atoms with Crippen LogP contribution in [-0.2, 0) is 11.2 Å². The summed E-state index contributed by atoms with van der Waals surface area (Å²) in [7, 11) is 1.57. The number of benzene rings is 1. The van der Waals surface area contributed by atoms with Crippen LogP contribution >= 0.6 is 0 Å². The predicted molar refractivity (Wildman–Crippen MR) is 90.4 cm³/mol. The minimum absolute atomic E-state index is 0.0529. The highest BCUT2D eigenvalue weighted by molar-refractivity contribution is 5.77. The molecule has 2 aromatic heterocycles. The normalized spacial score (nSPS) is 10.5. The second-order valence-electron chi connectivity index (χ2n) is 5.21. The molecule has 1 N–H and O–H groups in total. The molecule has 1 aromatic carbocycles. The summed E-state index contributed by atoms with van der Waals surface area (Å²) in [5.41, 5.74) is 1.04. The van der Waals surface area contributed by atoms with Crippen molar-refractivity contribution in [3.05, 3.63) is 60.7 Å². The number of aromatic nitrogens is 2. The molecule has 0 radical (unpaired) electrons. The molecule has 0 saturated carbocycles. The Morgan fingerprint density at radius 1 is 1.17 bits per heavy atom. The van der Waals surface area contributed by atoms with Crippen LogP contribution in [-0.4, -0.2) is 35.6 Å². The van der Waals surface area contributed by atoms with Gasteiger partial charge in [-0.3, -0.25) is 4.79 Å². The molecule has 1 amide bonds. The zero-order chi connectivity index (χ0) is 16.8. The molecule has 0 aliphatic heterocycles. The number of carbonyl (C=O) groups excluding carboxylic acids is 1. The second-order valence-corrected chi connectivity index (χ2v) is 5.21. The summed E-state index contributed by atoms with van der Waals surface area (Å²) in [5, 5.41) is 2.84. The van der Waals surface area contributed by atoms with Crippen molar-refractivity contribution in [3.8, 4) is 11.5 Å². The Morgan fingerprint density at radius 2 is 1.96 bits per heavy atom. The highest BCUT2D eigenvalue weighted by Gasteiger charge is 2.07. The van der Waals surface area contributed by atoms with Crippen molar-refractivity contribution in [3.63, 3.8) is 0 Å². The quantitative estimate of drug-likeness (QED) is 0.722. The van der Waals surface area contributed by atoms with Gasteiger partial charge in [0.05, 0.1) is 18.8 Å². The second kappa shape index (κ2) is 7.50. The van der Waals surface area contributed by atoms with Gasteiger partial charge in [0.2, 0.25) is 0 Å².